The molecule has 23 heavy (non-hydrogen) atoms. The Balaban J connectivity index is 3.11. The highest BCUT2D eigenvalue weighted by molar-refractivity contribution is 7.92. The van der Waals surface area contributed by atoms with E-state index in [0.29, 0.717) is 12.8 Å². The largest absolute Gasteiger partial charge is 0.480 e. The molecular weight excluding hydrogens is 320 g/mol. The third-order valence-corrected chi connectivity index (χ3v) is 4.48. The maximum absolute atomic E-state index is 12.6. The molecule has 0 saturated heterocycles. The zero-order chi connectivity index (χ0) is 17.5. The Morgan fingerprint density at radius 3 is 2.39 bits per heavy atom. The van der Waals surface area contributed by atoms with Gasteiger partial charge in [0, 0.05) is 6.54 Å². The molecule has 0 atom stereocenters. The quantitative estimate of drug-likeness (QED) is 0.712. The maximum Gasteiger partial charge on any atom is 0.323 e. The van der Waals surface area contributed by atoms with E-state index in [4.69, 9.17) is 5.11 Å². The van der Waals surface area contributed by atoms with Crippen LogP contribution in [0.1, 0.15) is 37.0 Å². The molecule has 0 saturated carbocycles. The number of para-hydroxylation sites is 1. The van der Waals surface area contributed by atoms with E-state index >= 15 is 0 Å². The molecule has 2 N–H and O–H groups in total. The molecule has 7 nitrogen and oxygen atoms in total. The smallest absolute Gasteiger partial charge is 0.323 e. The van der Waals surface area contributed by atoms with Crippen LogP contribution in [0.5, 0.6) is 0 Å². The summed E-state index contributed by atoms with van der Waals surface area (Å²) in [5.41, 5.74) is 0.305. The molecule has 128 valence electrons. The number of anilines is 1. The summed E-state index contributed by atoms with van der Waals surface area (Å²) < 4.78 is 26.2. The van der Waals surface area contributed by atoms with Crippen LogP contribution in [0.25, 0.3) is 0 Å². The summed E-state index contributed by atoms with van der Waals surface area (Å²) in [7, 11) is -3.54. The fourth-order valence-corrected chi connectivity index (χ4v) is 3.25. The lowest BCUT2D eigenvalue weighted by Gasteiger charge is -2.21. The number of hydrogen-bond acceptors (Lipinski definition) is 4. The van der Waals surface area contributed by atoms with Gasteiger partial charge in [-0.05, 0) is 25.0 Å². The monoisotopic (exact) mass is 342 g/mol. The van der Waals surface area contributed by atoms with E-state index in [-0.39, 0.29) is 23.5 Å². The lowest BCUT2D eigenvalue weighted by atomic mass is 10.1. The van der Waals surface area contributed by atoms with Gasteiger partial charge in [-0.15, -0.1) is 0 Å². The number of amides is 1. The second kappa shape index (κ2) is 8.52. The first-order chi connectivity index (χ1) is 10.8. The third kappa shape index (κ3) is 5.90. The Morgan fingerprint density at radius 1 is 1.17 bits per heavy atom. The van der Waals surface area contributed by atoms with Crippen LogP contribution in [-0.2, 0) is 14.8 Å². The zero-order valence-electron chi connectivity index (χ0n) is 13.3. The molecule has 0 unspecified atom stereocenters. The Labute approximate surface area is 136 Å². The van der Waals surface area contributed by atoms with Crippen LogP contribution in [0.2, 0.25) is 0 Å². The van der Waals surface area contributed by atoms with Crippen molar-refractivity contribution in [2.24, 2.45) is 0 Å². The predicted molar refractivity (Wildman–Crippen MR) is 88.0 cm³/mol. The standard InChI is InChI=1S/C15H22N2O5S/c1-3-9-17(11-14(18)19)15(20)12-7-5-6-8-13(12)16-23(21,22)10-4-2/h5-8,16H,3-4,9-11H2,1-2H3,(H,18,19). The van der Waals surface area contributed by atoms with E-state index in [0.717, 1.165) is 0 Å². The van der Waals surface area contributed by atoms with Crippen molar-refractivity contribution in [2.75, 3.05) is 23.6 Å². The number of nitrogens with one attached hydrogen (secondary N) is 1. The molecule has 1 aromatic carbocycles. The van der Waals surface area contributed by atoms with E-state index in [2.05, 4.69) is 4.72 Å². The molecule has 8 heteroatoms. The van der Waals surface area contributed by atoms with Crippen LogP contribution in [-0.4, -0.2) is 49.1 Å². The van der Waals surface area contributed by atoms with Crippen molar-refractivity contribution in [2.45, 2.75) is 26.7 Å². The van der Waals surface area contributed by atoms with Crippen molar-refractivity contribution in [3.05, 3.63) is 29.8 Å². The van der Waals surface area contributed by atoms with Crippen molar-refractivity contribution >= 4 is 27.6 Å². The molecular formula is C15H22N2O5S. The summed E-state index contributed by atoms with van der Waals surface area (Å²) in [4.78, 5) is 24.7. The van der Waals surface area contributed by atoms with Gasteiger partial charge in [-0.1, -0.05) is 26.0 Å². The normalized spacial score (nSPS) is 11.0. The fourth-order valence-electron chi connectivity index (χ4n) is 2.10. The second-order valence-electron chi connectivity index (χ2n) is 5.09. The van der Waals surface area contributed by atoms with Gasteiger partial charge in [-0.3, -0.25) is 14.3 Å². The van der Waals surface area contributed by atoms with E-state index in [1.165, 1.54) is 17.0 Å². The van der Waals surface area contributed by atoms with Crippen LogP contribution in [0, 0.1) is 0 Å². The number of carbonyl (C=O) groups is 2. The number of carbonyl (C=O) groups excluding carboxylic acids is 1. The maximum atomic E-state index is 12.6. The van der Waals surface area contributed by atoms with Crippen molar-refractivity contribution < 1.29 is 23.1 Å². The second-order valence-corrected chi connectivity index (χ2v) is 6.93. The number of aliphatic carboxylic acids is 1. The van der Waals surface area contributed by atoms with Gasteiger partial charge >= 0.3 is 5.97 Å². The Bertz CT molecular complexity index is 658. The Kier molecular flexibility index (Phi) is 7.02. The number of hydrogen-bond donors (Lipinski definition) is 2. The summed E-state index contributed by atoms with van der Waals surface area (Å²) in [6, 6.07) is 6.19. The molecule has 1 aromatic rings. The first kappa shape index (κ1) is 19.0. The molecule has 1 rings (SSSR count). The van der Waals surface area contributed by atoms with Crippen LogP contribution in [0.15, 0.2) is 24.3 Å². The zero-order valence-corrected chi connectivity index (χ0v) is 14.1. The van der Waals surface area contributed by atoms with Gasteiger partial charge in [0.1, 0.15) is 6.54 Å². The van der Waals surface area contributed by atoms with Gasteiger partial charge in [-0.2, -0.15) is 0 Å². The number of sulfonamides is 1. The summed E-state index contributed by atoms with van der Waals surface area (Å²) in [5.74, 6) is -1.68. The summed E-state index contributed by atoms with van der Waals surface area (Å²) in [5, 5.41) is 8.93. The van der Waals surface area contributed by atoms with E-state index < -0.39 is 28.4 Å². The van der Waals surface area contributed by atoms with Gasteiger partial charge in [0.25, 0.3) is 5.91 Å². The molecule has 0 aliphatic carbocycles. The lowest BCUT2D eigenvalue weighted by Crippen LogP contribution is -2.36. The molecule has 0 aliphatic heterocycles. The van der Waals surface area contributed by atoms with E-state index in [1.54, 1.807) is 19.1 Å². The van der Waals surface area contributed by atoms with E-state index in [9.17, 15) is 18.0 Å². The average Bonchev–Trinajstić information content (AvgIpc) is 2.45. The highest BCUT2D eigenvalue weighted by atomic mass is 32.2. The van der Waals surface area contributed by atoms with Gasteiger partial charge in [0.2, 0.25) is 10.0 Å². The van der Waals surface area contributed by atoms with Gasteiger partial charge in [-0.25, -0.2) is 8.42 Å². The van der Waals surface area contributed by atoms with Gasteiger partial charge < -0.3 is 10.0 Å². The SMILES string of the molecule is CCCN(CC(=O)O)C(=O)c1ccccc1NS(=O)(=O)CCC. The highest BCUT2D eigenvalue weighted by Gasteiger charge is 2.22. The fraction of sp³-hybridized carbons (Fsp3) is 0.467. The van der Waals surface area contributed by atoms with Crippen LogP contribution in [0.3, 0.4) is 0 Å². The third-order valence-electron chi connectivity index (χ3n) is 3.00. The molecule has 0 aromatic heterocycles. The molecule has 0 radical (unpaired) electrons. The highest BCUT2D eigenvalue weighted by Crippen LogP contribution is 2.19. The van der Waals surface area contributed by atoms with Crippen LogP contribution < -0.4 is 4.72 Å². The van der Waals surface area contributed by atoms with Gasteiger partial charge in [0.15, 0.2) is 0 Å². The number of carboxylic acids is 1. The summed E-state index contributed by atoms with van der Waals surface area (Å²) >= 11 is 0. The summed E-state index contributed by atoms with van der Waals surface area (Å²) in [6.07, 6.45) is 1.05. The topological polar surface area (TPSA) is 104 Å². The summed E-state index contributed by atoms with van der Waals surface area (Å²) in [6.45, 7) is 3.42. The predicted octanol–water partition coefficient (Wildman–Crippen LogP) is 1.78. The number of nitrogens with zero attached hydrogens (tertiary/aromatic N) is 1. The van der Waals surface area contributed by atoms with E-state index in [1.807, 2.05) is 6.92 Å². The molecule has 0 heterocycles. The molecule has 0 bridgehead atoms. The molecule has 0 spiro atoms. The molecule has 1 amide bonds. The molecule has 0 fully saturated rings. The van der Waals surface area contributed by atoms with Crippen molar-refractivity contribution in [3.8, 4) is 0 Å². The van der Waals surface area contributed by atoms with Crippen molar-refractivity contribution in [1.82, 2.24) is 4.90 Å². The number of rotatable bonds is 9. The van der Waals surface area contributed by atoms with Crippen LogP contribution in [0.4, 0.5) is 5.69 Å². The van der Waals surface area contributed by atoms with Crippen molar-refractivity contribution in [1.29, 1.82) is 0 Å². The first-order valence-electron chi connectivity index (χ1n) is 7.41. The lowest BCUT2D eigenvalue weighted by molar-refractivity contribution is -0.137. The number of benzene rings is 1. The minimum absolute atomic E-state index is 0.0523. The Hall–Kier alpha value is -2.09. The van der Waals surface area contributed by atoms with Gasteiger partial charge in [0.05, 0.1) is 17.0 Å². The van der Waals surface area contributed by atoms with Crippen molar-refractivity contribution in [3.63, 3.8) is 0 Å². The minimum atomic E-state index is -3.54. The Morgan fingerprint density at radius 2 is 1.83 bits per heavy atom. The number of carboxylic acid groups (broad SMARTS) is 1. The first-order valence-corrected chi connectivity index (χ1v) is 9.06. The van der Waals surface area contributed by atoms with Crippen LogP contribution >= 0.6 is 0 Å². The average molecular weight is 342 g/mol. The molecule has 0 aliphatic rings. The minimum Gasteiger partial charge on any atom is -0.480 e.